The van der Waals surface area contributed by atoms with Gasteiger partial charge in [-0.3, -0.25) is 9.59 Å². The van der Waals surface area contributed by atoms with E-state index in [0.717, 1.165) is 34.4 Å². The number of nitrogens with one attached hydrogen (secondary N) is 2. The molecule has 0 aliphatic heterocycles. The summed E-state index contributed by atoms with van der Waals surface area (Å²) in [6, 6.07) is 15.7. The molecule has 0 spiro atoms. The fourth-order valence-corrected chi connectivity index (χ4v) is 3.51. The van der Waals surface area contributed by atoms with Gasteiger partial charge in [0, 0.05) is 18.5 Å². The Morgan fingerprint density at radius 2 is 1.85 bits per heavy atom. The Hall–Kier alpha value is -3.15. The van der Waals surface area contributed by atoms with Crippen molar-refractivity contribution in [3.8, 4) is 11.4 Å². The van der Waals surface area contributed by atoms with Crippen LogP contribution in [0, 0.1) is 5.41 Å². The van der Waals surface area contributed by atoms with Gasteiger partial charge in [-0.05, 0) is 30.5 Å². The first-order valence-corrected chi connectivity index (χ1v) is 9.10. The zero-order chi connectivity index (χ0) is 18.9. The van der Waals surface area contributed by atoms with E-state index in [9.17, 15) is 14.7 Å². The van der Waals surface area contributed by atoms with Crippen LogP contribution in [0.15, 0.2) is 48.5 Å². The van der Waals surface area contributed by atoms with E-state index in [2.05, 4.69) is 15.3 Å². The molecule has 4 rings (SSSR count). The zero-order valence-electron chi connectivity index (χ0n) is 14.9. The number of carbonyl (C=O) groups is 2. The molecule has 6 heteroatoms. The highest BCUT2D eigenvalue weighted by atomic mass is 16.4. The number of aromatic amines is 1. The van der Waals surface area contributed by atoms with Crippen LogP contribution in [0.25, 0.3) is 22.4 Å². The number of amides is 1. The van der Waals surface area contributed by atoms with E-state index in [1.54, 1.807) is 0 Å². The number of fused-ring (bicyclic) bond motifs is 1. The SMILES string of the molecule is O=C(CC1(C(=O)O)CCC1)NCc1ccc(-c2nc3ccccc3[nH]2)cc1. The summed E-state index contributed by atoms with van der Waals surface area (Å²) in [5, 5.41) is 12.2. The number of aromatic nitrogens is 2. The number of benzene rings is 2. The van der Waals surface area contributed by atoms with Crippen LogP contribution in [0.3, 0.4) is 0 Å². The van der Waals surface area contributed by atoms with Gasteiger partial charge < -0.3 is 15.4 Å². The van der Waals surface area contributed by atoms with Crippen LogP contribution in [0.2, 0.25) is 0 Å². The van der Waals surface area contributed by atoms with Gasteiger partial charge in [0.2, 0.25) is 5.91 Å². The fourth-order valence-electron chi connectivity index (χ4n) is 3.51. The van der Waals surface area contributed by atoms with E-state index >= 15 is 0 Å². The molecule has 0 atom stereocenters. The number of rotatable bonds is 6. The summed E-state index contributed by atoms with van der Waals surface area (Å²) in [4.78, 5) is 31.4. The van der Waals surface area contributed by atoms with E-state index < -0.39 is 11.4 Å². The predicted molar refractivity (Wildman–Crippen MR) is 102 cm³/mol. The maximum absolute atomic E-state index is 12.1. The lowest BCUT2D eigenvalue weighted by Gasteiger charge is -2.36. The Kier molecular flexibility index (Phi) is 4.39. The van der Waals surface area contributed by atoms with Crippen molar-refractivity contribution in [3.05, 3.63) is 54.1 Å². The first kappa shape index (κ1) is 17.3. The van der Waals surface area contributed by atoms with Gasteiger partial charge >= 0.3 is 5.97 Å². The van der Waals surface area contributed by atoms with E-state index in [1.807, 2.05) is 48.5 Å². The maximum atomic E-state index is 12.1. The van der Waals surface area contributed by atoms with Gasteiger partial charge in [0.1, 0.15) is 5.82 Å². The van der Waals surface area contributed by atoms with E-state index in [1.165, 1.54) is 0 Å². The second-order valence-electron chi connectivity index (χ2n) is 7.19. The van der Waals surface area contributed by atoms with Crippen molar-refractivity contribution >= 4 is 22.9 Å². The molecule has 3 aromatic rings. The molecule has 0 radical (unpaired) electrons. The summed E-state index contributed by atoms with van der Waals surface area (Å²) >= 11 is 0. The van der Waals surface area contributed by atoms with Crippen molar-refractivity contribution in [2.24, 2.45) is 5.41 Å². The molecule has 1 fully saturated rings. The Bertz CT molecular complexity index is 954. The third kappa shape index (κ3) is 3.43. The van der Waals surface area contributed by atoms with Crippen molar-refractivity contribution in [2.45, 2.75) is 32.2 Å². The average molecular weight is 363 g/mol. The number of aliphatic carboxylic acids is 1. The number of H-pyrrole nitrogens is 1. The Balaban J connectivity index is 1.38. The van der Waals surface area contributed by atoms with Crippen LogP contribution in [-0.4, -0.2) is 27.0 Å². The minimum absolute atomic E-state index is 0.0550. The Morgan fingerprint density at radius 1 is 1.11 bits per heavy atom. The fraction of sp³-hybridized carbons (Fsp3) is 0.286. The molecule has 0 unspecified atom stereocenters. The topological polar surface area (TPSA) is 95.1 Å². The molecule has 0 saturated heterocycles. The molecule has 3 N–H and O–H groups in total. The molecular formula is C21H21N3O3. The molecule has 1 aliphatic rings. The van der Waals surface area contributed by atoms with Gasteiger partial charge in [-0.25, -0.2) is 4.98 Å². The van der Waals surface area contributed by atoms with Crippen LogP contribution in [0.1, 0.15) is 31.2 Å². The molecule has 138 valence electrons. The normalized spacial score (nSPS) is 15.3. The van der Waals surface area contributed by atoms with Crippen LogP contribution in [0.5, 0.6) is 0 Å². The second kappa shape index (κ2) is 6.87. The average Bonchev–Trinajstić information content (AvgIpc) is 3.07. The maximum Gasteiger partial charge on any atom is 0.310 e. The van der Waals surface area contributed by atoms with Crippen molar-refractivity contribution < 1.29 is 14.7 Å². The Labute approximate surface area is 156 Å². The van der Waals surface area contributed by atoms with Gasteiger partial charge in [0.15, 0.2) is 0 Å². The van der Waals surface area contributed by atoms with Crippen LogP contribution < -0.4 is 5.32 Å². The van der Waals surface area contributed by atoms with Gasteiger partial charge in [-0.2, -0.15) is 0 Å². The van der Waals surface area contributed by atoms with Crippen molar-refractivity contribution in [3.63, 3.8) is 0 Å². The largest absolute Gasteiger partial charge is 0.481 e. The highest BCUT2D eigenvalue weighted by molar-refractivity contribution is 5.85. The molecule has 1 saturated carbocycles. The number of hydrogen-bond acceptors (Lipinski definition) is 3. The van der Waals surface area contributed by atoms with E-state index in [-0.39, 0.29) is 12.3 Å². The number of nitrogens with zero attached hydrogens (tertiary/aromatic N) is 1. The summed E-state index contributed by atoms with van der Waals surface area (Å²) in [6.07, 6.45) is 2.10. The van der Waals surface area contributed by atoms with E-state index in [4.69, 9.17) is 0 Å². The van der Waals surface area contributed by atoms with Crippen LogP contribution >= 0.6 is 0 Å². The molecule has 6 nitrogen and oxygen atoms in total. The highest BCUT2D eigenvalue weighted by Crippen LogP contribution is 2.44. The first-order valence-electron chi connectivity index (χ1n) is 9.10. The first-order chi connectivity index (χ1) is 13.1. The monoisotopic (exact) mass is 363 g/mol. The molecule has 0 bridgehead atoms. The molecule has 2 aromatic carbocycles. The lowest BCUT2D eigenvalue weighted by Crippen LogP contribution is -2.42. The summed E-state index contributed by atoms with van der Waals surface area (Å²) in [7, 11) is 0. The summed E-state index contributed by atoms with van der Waals surface area (Å²) in [5.41, 5.74) is 3.00. The lowest BCUT2D eigenvalue weighted by molar-refractivity contribution is -0.157. The Morgan fingerprint density at radius 3 is 2.48 bits per heavy atom. The number of para-hydroxylation sites is 2. The van der Waals surface area contributed by atoms with Crippen LogP contribution in [-0.2, 0) is 16.1 Å². The number of imidazole rings is 1. The number of carbonyl (C=O) groups excluding carboxylic acids is 1. The van der Waals surface area contributed by atoms with Gasteiger partial charge in [-0.15, -0.1) is 0 Å². The summed E-state index contributed by atoms with van der Waals surface area (Å²) < 4.78 is 0. The van der Waals surface area contributed by atoms with Gasteiger partial charge in [-0.1, -0.05) is 42.8 Å². The smallest absolute Gasteiger partial charge is 0.310 e. The molecule has 1 heterocycles. The van der Waals surface area contributed by atoms with E-state index in [0.29, 0.717) is 19.4 Å². The zero-order valence-corrected chi connectivity index (χ0v) is 14.9. The molecular weight excluding hydrogens is 342 g/mol. The van der Waals surface area contributed by atoms with Crippen LogP contribution in [0.4, 0.5) is 0 Å². The van der Waals surface area contributed by atoms with Crippen molar-refractivity contribution in [1.82, 2.24) is 15.3 Å². The third-order valence-corrected chi connectivity index (χ3v) is 5.37. The molecule has 1 aliphatic carbocycles. The molecule has 27 heavy (non-hydrogen) atoms. The molecule has 1 amide bonds. The standard InChI is InChI=1S/C21H21N3O3/c25-18(12-21(20(26)27)10-3-11-21)22-13-14-6-8-15(9-7-14)19-23-16-4-1-2-5-17(16)24-19/h1-2,4-9H,3,10-13H2,(H,22,25)(H,23,24)(H,26,27). The number of hydrogen-bond donors (Lipinski definition) is 3. The van der Waals surface area contributed by atoms with Gasteiger partial charge in [0.05, 0.1) is 16.4 Å². The predicted octanol–water partition coefficient (Wildman–Crippen LogP) is 3.49. The lowest BCUT2D eigenvalue weighted by atomic mass is 9.66. The summed E-state index contributed by atoms with van der Waals surface area (Å²) in [6.45, 7) is 0.384. The minimum Gasteiger partial charge on any atom is -0.481 e. The molecule has 1 aromatic heterocycles. The quantitative estimate of drug-likeness (QED) is 0.625. The number of carboxylic acids is 1. The van der Waals surface area contributed by atoms with Gasteiger partial charge in [0.25, 0.3) is 0 Å². The highest BCUT2D eigenvalue weighted by Gasteiger charge is 2.45. The van der Waals surface area contributed by atoms with Crippen molar-refractivity contribution in [1.29, 1.82) is 0 Å². The minimum atomic E-state index is -0.862. The summed E-state index contributed by atoms with van der Waals surface area (Å²) in [5.74, 6) is -0.266. The second-order valence-corrected chi connectivity index (χ2v) is 7.19. The third-order valence-electron chi connectivity index (χ3n) is 5.37. The van der Waals surface area contributed by atoms with Crippen molar-refractivity contribution in [2.75, 3.05) is 0 Å². The number of carboxylic acid groups (broad SMARTS) is 1.